The van der Waals surface area contributed by atoms with Crippen LogP contribution in [0, 0.1) is 10.1 Å². The zero-order chi connectivity index (χ0) is 22.9. The van der Waals surface area contributed by atoms with E-state index in [9.17, 15) is 26.9 Å². The molecule has 0 unspecified atom stereocenters. The van der Waals surface area contributed by atoms with E-state index < -0.39 is 25.0 Å². The van der Waals surface area contributed by atoms with E-state index in [1.54, 1.807) is 30.3 Å². The van der Waals surface area contributed by atoms with Gasteiger partial charge in [0.15, 0.2) is 0 Å². The highest BCUT2D eigenvalue weighted by Crippen LogP contribution is 2.34. The summed E-state index contributed by atoms with van der Waals surface area (Å²) in [6.07, 6.45) is 1.17. The molecule has 3 aromatic carbocycles. The van der Waals surface area contributed by atoms with E-state index in [0.717, 1.165) is 6.07 Å². The van der Waals surface area contributed by atoms with E-state index in [0.29, 0.717) is 30.6 Å². The quantitative estimate of drug-likeness (QED) is 0.431. The second kappa shape index (κ2) is 8.24. The summed E-state index contributed by atoms with van der Waals surface area (Å²) in [5.41, 5.74) is 1.10. The van der Waals surface area contributed by atoms with Crippen LogP contribution in [0.1, 0.15) is 12.0 Å². The van der Waals surface area contributed by atoms with Gasteiger partial charge in [-0.3, -0.25) is 19.1 Å². The molecule has 166 valence electrons. The van der Waals surface area contributed by atoms with Gasteiger partial charge in [0.2, 0.25) is 0 Å². The standard InChI is InChI=1S/C21H19N3O6S2/c25-24(26)18-7-4-10-20(15-18)31(27,28)22-17-11-12-21-16(14-17)6-5-13-23(21)32(29,30)19-8-2-1-3-9-19/h1-4,7-12,14-15,22H,5-6,13H2. The summed E-state index contributed by atoms with van der Waals surface area (Å²) in [6.45, 7) is 0.322. The van der Waals surface area contributed by atoms with Gasteiger partial charge >= 0.3 is 0 Å². The molecule has 0 aromatic heterocycles. The van der Waals surface area contributed by atoms with Crippen molar-refractivity contribution in [2.75, 3.05) is 15.6 Å². The van der Waals surface area contributed by atoms with Crippen LogP contribution in [0.4, 0.5) is 17.1 Å². The van der Waals surface area contributed by atoms with Crippen LogP contribution < -0.4 is 9.03 Å². The Morgan fingerprint density at radius 1 is 0.875 bits per heavy atom. The highest BCUT2D eigenvalue weighted by atomic mass is 32.2. The van der Waals surface area contributed by atoms with Gasteiger partial charge in [-0.05, 0) is 54.8 Å². The average Bonchev–Trinajstić information content (AvgIpc) is 2.79. The Hall–Kier alpha value is -3.44. The molecule has 4 rings (SSSR count). The minimum atomic E-state index is -4.07. The Morgan fingerprint density at radius 2 is 1.59 bits per heavy atom. The fraction of sp³-hybridized carbons (Fsp3) is 0.143. The summed E-state index contributed by atoms with van der Waals surface area (Å²) < 4.78 is 55.4. The number of rotatable bonds is 6. The molecular weight excluding hydrogens is 454 g/mol. The summed E-state index contributed by atoms with van der Waals surface area (Å²) in [6, 6.07) is 17.5. The number of aryl methyl sites for hydroxylation is 1. The number of nitrogens with zero attached hydrogens (tertiary/aromatic N) is 2. The molecular formula is C21H19N3O6S2. The molecule has 3 aromatic rings. The number of hydrogen-bond donors (Lipinski definition) is 1. The Kier molecular flexibility index (Phi) is 5.61. The van der Waals surface area contributed by atoms with Crippen molar-refractivity contribution in [1.29, 1.82) is 0 Å². The lowest BCUT2D eigenvalue weighted by molar-refractivity contribution is -0.385. The average molecular weight is 474 g/mol. The Labute approximate surface area is 185 Å². The minimum absolute atomic E-state index is 0.184. The van der Waals surface area contributed by atoms with Gasteiger partial charge in [0.25, 0.3) is 25.7 Å². The third-order valence-electron chi connectivity index (χ3n) is 5.08. The number of nitro benzene ring substituents is 1. The van der Waals surface area contributed by atoms with Gasteiger partial charge in [0, 0.05) is 24.4 Å². The Bertz CT molecular complexity index is 1390. The van der Waals surface area contributed by atoms with Crippen molar-refractivity contribution in [3.63, 3.8) is 0 Å². The predicted octanol–water partition coefficient (Wildman–Crippen LogP) is 3.54. The first-order valence-electron chi connectivity index (χ1n) is 9.66. The van der Waals surface area contributed by atoms with E-state index in [4.69, 9.17) is 0 Å². The topological polar surface area (TPSA) is 127 Å². The van der Waals surface area contributed by atoms with Gasteiger partial charge in [-0.15, -0.1) is 0 Å². The van der Waals surface area contributed by atoms with Crippen LogP contribution in [0.25, 0.3) is 0 Å². The molecule has 0 bridgehead atoms. The number of anilines is 2. The van der Waals surface area contributed by atoms with Crippen LogP contribution in [0.5, 0.6) is 0 Å². The third-order valence-corrected chi connectivity index (χ3v) is 8.28. The summed E-state index contributed by atoms with van der Waals surface area (Å²) in [7, 11) is -7.82. The summed E-state index contributed by atoms with van der Waals surface area (Å²) in [5.74, 6) is 0. The van der Waals surface area contributed by atoms with Crippen LogP contribution in [-0.2, 0) is 26.5 Å². The highest BCUT2D eigenvalue weighted by molar-refractivity contribution is 7.93. The molecule has 9 nitrogen and oxygen atoms in total. The molecule has 0 atom stereocenters. The molecule has 1 aliphatic rings. The molecule has 11 heteroatoms. The minimum Gasteiger partial charge on any atom is -0.280 e. The lowest BCUT2D eigenvalue weighted by atomic mass is 10.0. The van der Waals surface area contributed by atoms with Gasteiger partial charge in [-0.1, -0.05) is 24.3 Å². The zero-order valence-corrected chi connectivity index (χ0v) is 18.3. The van der Waals surface area contributed by atoms with Gasteiger partial charge in [0.05, 0.1) is 20.4 Å². The van der Waals surface area contributed by atoms with Gasteiger partial charge in [-0.2, -0.15) is 0 Å². The van der Waals surface area contributed by atoms with Crippen LogP contribution in [0.15, 0.2) is 82.6 Å². The Balaban J connectivity index is 1.65. The van der Waals surface area contributed by atoms with Crippen LogP contribution in [-0.4, -0.2) is 28.3 Å². The number of sulfonamides is 2. The van der Waals surface area contributed by atoms with Crippen molar-refractivity contribution >= 4 is 37.1 Å². The fourth-order valence-corrected chi connectivity index (χ4v) is 6.22. The monoisotopic (exact) mass is 473 g/mol. The number of nitro groups is 1. The van der Waals surface area contributed by atoms with Crippen LogP contribution in [0.3, 0.4) is 0 Å². The predicted molar refractivity (Wildman–Crippen MR) is 120 cm³/mol. The van der Waals surface area contributed by atoms with Crippen LogP contribution >= 0.6 is 0 Å². The maximum Gasteiger partial charge on any atom is 0.270 e. The maximum atomic E-state index is 13.1. The molecule has 1 heterocycles. The van der Waals surface area contributed by atoms with Crippen molar-refractivity contribution in [3.05, 3.63) is 88.5 Å². The molecule has 0 spiro atoms. The van der Waals surface area contributed by atoms with Crippen LogP contribution in [0.2, 0.25) is 0 Å². The molecule has 0 saturated carbocycles. The molecule has 1 aliphatic heterocycles. The second-order valence-corrected chi connectivity index (χ2v) is 10.7. The highest BCUT2D eigenvalue weighted by Gasteiger charge is 2.29. The summed E-state index contributed by atoms with van der Waals surface area (Å²) in [5, 5.41) is 10.9. The van der Waals surface area contributed by atoms with E-state index >= 15 is 0 Å². The van der Waals surface area contributed by atoms with E-state index in [1.807, 2.05) is 0 Å². The largest absolute Gasteiger partial charge is 0.280 e. The lowest BCUT2D eigenvalue weighted by Crippen LogP contribution is -2.35. The normalized spacial score (nSPS) is 13.9. The summed E-state index contributed by atoms with van der Waals surface area (Å²) >= 11 is 0. The molecule has 1 N–H and O–H groups in total. The number of hydrogen-bond acceptors (Lipinski definition) is 6. The molecule has 0 amide bonds. The Morgan fingerprint density at radius 3 is 2.31 bits per heavy atom. The van der Waals surface area contributed by atoms with Crippen molar-refractivity contribution in [2.45, 2.75) is 22.6 Å². The van der Waals surface area contributed by atoms with Crippen molar-refractivity contribution in [1.82, 2.24) is 0 Å². The number of benzene rings is 3. The molecule has 0 aliphatic carbocycles. The van der Waals surface area contributed by atoms with Gasteiger partial charge in [-0.25, -0.2) is 16.8 Å². The molecule has 0 radical (unpaired) electrons. The molecule has 0 fully saturated rings. The molecule has 32 heavy (non-hydrogen) atoms. The zero-order valence-electron chi connectivity index (χ0n) is 16.7. The maximum absolute atomic E-state index is 13.1. The summed E-state index contributed by atoms with van der Waals surface area (Å²) in [4.78, 5) is 10.2. The van der Waals surface area contributed by atoms with Crippen molar-refractivity contribution < 1.29 is 21.8 Å². The van der Waals surface area contributed by atoms with E-state index in [1.165, 1.54) is 40.7 Å². The number of non-ortho nitro benzene ring substituents is 1. The number of nitrogens with one attached hydrogen (secondary N) is 1. The second-order valence-electron chi connectivity index (χ2n) is 7.20. The van der Waals surface area contributed by atoms with E-state index in [2.05, 4.69) is 4.72 Å². The third kappa shape index (κ3) is 4.16. The first-order valence-corrected chi connectivity index (χ1v) is 12.6. The SMILES string of the molecule is O=[N+]([O-])c1cccc(S(=O)(=O)Nc2ccc3c(c2)CCCN3S(=O)(=O)c2ccccc2)c1. The number of fused-ring (bicyclic) bond motifs is 1. The fourth-order valence-electron chi connectivity index (χ4n) is 3.57. The first kappa shape index (κ1) is 21.8. The van der Waals surface area contributed by atoms with Gasteiger partial charge < -0.3 is 0 Å². The molecule has 0 saturated heterocycles. The van der Waals surface area contributed by atoms with Crippen molar-refractivity contribution in [2.24, 2.45) is 0 Å². The van der Waals surface area contributed by atoms with Crippen molar-refractivity contribution in [3.8, 4) is 0 Å². The van der Waals surface area contributed by atoms with E-state index in [-0.39, 0.29) is 21.2 Å². The first-order chi connectivity index (χ1) is 15.2. The smallest absolute Gasteiger partial charge is 0.270 e. The lowest BCUT2D eigenvalue weighted by Gasteiger charge is -2.31. The van der Waals surface area contributed by atoms with Gasteiger partial charge in [0.1, 0.15) is 0 Å².